The van der Waals surface area contributed by atoms with Gasteiger partial charge in [-0.25, -0.2) is 0 Å². The second kappa shape index (κ2) is 6.50. The van der Waals surface area contributed by atoms with Crippen molar-refractivity contribution in [1.82, 2.24) is 20.3 Å². The monoisotopic (exact) mass is 388 g/mol. The highest BCUT2D eigenvalue weighted by atomic mass is 127. The highest BCUT2D eigenvalue weighted by Crippen LogP contribution is 2.33. The molecule has 0 saturated carbocycles. The van der Waals surface area contributed by atoms with Gasteiger partial charge >= 0.3 is 0 Å². The zero-order valence-electron chi connectivity index (χ0n) is 10.9. The maximum Gasteiger partial charge on any atom is 0.263 e. The second-order valence-electron chi connectivity index (χ2n) is 3.64. The Kier molecular flexibility index (Phi) is 4.71. The van der Waals surface area contributed by atoms with Crippen LogP contribution in [0.25, 0.3) is 0 Å². The number of nitrogens with two attached hydrogens (primary N) is 1. The molecule has 1 heterocycles. The molecular weight excluding hydrogens is 375 g/mol. The molecule has 0 radical (unpaired) electrons. The number of halogens is 1. The quantitative estimate of drug-likeness (QED) is 0.609. The predicted molar refractivity (Wildman–Crippen MR) is 82.1 cm³/mol. The molecule has 1 aromatic carbocycles. The number of hydrogen-bond donors (Lipinski definition) is 1. The Balaban J connectivity index is 2.33. The molecular formula is C11H13IN6O2. The van der Waals surface area contributed by atoms with Crippen molar-refractivity contribution in [2.24, 2.45) is 5.10 Å². The fourth-order valence-electron chi connectivity index (χ4n) is 1.52. The van der Waals surface area contributed by atoms with E-state index in [1.54, 1.807) is 13.3 Å². The van der Waals surface area contributed by atoms with Crippen LogP contribution in [0.2, 0.25) is 0 Å². The fourth-order valence-corrected chi connectivity index (χ4v) is 2.36. The molecule has 0 amide bonds. The molecule has 0 fully saturated rings. The standard InChI is InChI=1S/C11H13IN6O2/c1-3-20-9-5-7(4-8(12)10(9)19-2)6-14-18-11(13)15-16-17-18/h4-6H,3H2,1-2H3,(H2,13,15,17). The molecule has 1 aromatic heterocycles. The van der Waals surface area contributed by atoms with Crippen LogP contribution in [-0.4, -0.2) is 40.2 Å². The second-order valence-corrected chi connectivity index (χ2v) is 4.80. The topological polar surface area (TPSA) is 100 Å². The SMILES string of the molecule is CCOc1cc(C=Nn2nnnc2N)cc(I)c1OC. The van der Waals surface area contributed by atoms with Crippen molar-refractivity contribution in [3.05, 3.63) is 21.3 Å². The van der Waals surface area contributed by atoms with Crippen molar-refractivity contribution >= 4 is 34.8 Å². The molecule has 0 unspecified atom stereocenters. The lowest BCUT2D eigenvalue weighted by molar-refractivity contribution is 0.309. The third kappa shape index (κ3) is 3.15. The van der Waals surface area contributed by atoms with Gasteiger partial charge in [-0.15, -0.1) is 0 Å². The molecule has 0 spiro atoms. The molecule has 2 aromatic rings. The van der Waals surface area contributed by atoms with E-state index < -0.39 is 0 Å². The zero-order chi connectivity index (χ0) is 14.5. The molecule has 0 saturated heterocycles. The summed E-state index contributed by atoms with van der Waals surface area (Å²) in [5, 5.41) is 14.6. The first kappa shape index (κ1) is 14.5. The summed E-state index contributed by atoms with van der Waals surface area (Å²) in [5.41, 5.74) is 6.35. The number of rotatable bonds is 5. The summed E-state index contributed by atoms with van der Waals surface area (Å²) < 4.78 is 11.8. The van der Waals surface area contributed by atoms with Gasteiger partial charge in [0.05, 0.1) is 23.5 Å². The van der Waals surface area contributed by atoms with E-state index in [9.17, 15) is 0 Å². The molecule has 0 atom stereocenters. The Morgan fingerprint density at radius 1 is 1.50 bits per heavy atom. The minimum atomic E-state index is 0.120. The van der Waals surface area contributed by atoms with E-state index in [-0.39, 0.29) is 5.95 Å². The zero-order valence-corrected chi connectivity index (χ0v) is 13.1. The predicted octanol–water partition coefficient (Wildman–Crippen LogP) is 1.15. The largest absolute Gasteiger partial charge is 0.492 e. The van der Waals surface area contributed by atoms with E-state index in [0.29, 0.717) is 18.1 Å². The van der Waals surface area contributed by atoms with Crippen molar-refractivity contribution in [1.29, 1.82) is 0 Å². The minimum Gasteiger partial charge on any atom is -0.492 e. The lowest BCUT2D eigenvalue weighted by atomic mass is 10.2. The van der Waals surface area contributed by atoms with Crippen LogP contribution in [-0.2, 0) is 0 Å². The molecule has 20 heavy (non-hydrogen) atoms. The summed E-state index contributed by atoms with van der Waals surface area (Å²) >= 11 is 2.17. The Hall–Kier alpha value is -1.91. The van der Waals surface area contributed by atoms with Gasteiger partial charge in [0.25, 0.3) is 5.95 Å². The number of nitrogens with zero attached hydrogens (tertiary/aromatic N) is 5. The van der Waals surface area contributed by atoms with E-state index in [2.05, 4.69) is 43.2 Å². The van der Waals surface area contributed by atoms with Crippen molar-refractivity contribution in [3.8, 4) is 11.5 Å². The van der Waals surface area contributed by atoms with Crippen LogP contribution < -0.4 is 15.2 Å². The summed E-state index contributed by atoms with van der Waals surface area (Å²) in [5.74, 6) is 1.48. The summed E-state index contributed by atoms with van der Waals surface area (Å²) in [6, 6.07) is 3.74. The maximum atomic E-state index is 5.55. The number of methoxy groups -OCH3 is 1. The number of hydrogen-bond acceptors (Lipinski definition) is 7. The van der Waals surface area contributed by atoms with Gasteiger partial charge in [0.1, 0.15) is 0 Å². The van der Waals surface area contributed by atoms with E-state index in [4.69, 9.17) is 15.2 Å². The number of aromatic nitrogens is 4. The molecule has 2 N–H and O–H groups in total. The minimum absolute atomic E-state index is 0.120. The van der Waals surface area contributed by atoms with Crippen LogP contribution in [0.4, 0.5) is 5.95 Å². The van der Waals surface area contributed by atoms with Crippen LogP contribution in [0.15, 0.2) is 17.2 Å². The fraction of sp³-hybridized carbons (Fsp3) is 0.273. The Labute approximate surface area is 129 Å². The molecule has 0 bridgehead atoms. The van der Waals surface area contributed by atoms with Crippen molar-refractivity contribution in [2.75, 3.05) is 19.5 Å². The molecule has 0 aliphatic heterocycles. The van der Waals surface area contributed by atoms with E-state index in [1.807, 2.05) is 19.1 Å². The molecule has 2 rings (SSSR count). The average Bonchev–Trinajstić information content (AvgIpc) is 2.82. The van der Waals surface area contributed by atoms with E-state index >= 15 is 0 Å². The molecule has 9 heteroatoms. The van der Waals surface area contributed by atoms with Gasteiger partial charge in [-0.05, 0) is 57.6 Å². The normalized spacial score (nSPS) is 10.9. The maximum absolute atomic E-state index is 5.55. The van der Waals surface area contributed by atoms with Crippen LogP contribution in [0.1, 0.15) is 12.5 Å². The third-order valence-corrected chi connectivity index (χ3v) is 3.13. The average molecular weight is 388 g/mol. The summed E-state index contributed by atoms with van der Waals surface area (Å²) in [6.45, 7) is 2.46. The van der Waals surface area contributed by atoms with Crippen molar-refractivity contribution < 1.29 is 9.47 Å². The molecule has 0 aliphatic carbocycles. The Morgan fingerprint density at radius 3 is 2.90 bits per heavy atom. The molecule has 0 aliphatic rings. The number of tetrazole rings is 1. The van der Waals surface area contributed by atoms with E-state index in [1.165, 1.54) is 0 Å². The van der Waals surface area contributed by atoms with Gasteiger partial charge in [0.15, 0.2) is 11.5 Å². The number of benzene rings is 1. The lowest BCUT2D eigenvalue weighted by Crippen LogP contribution is -2.01. The Bertz CT molecular complexity index is 627. The van der Waals surface area contributed by atoms with Crippen LogP contribution in [0.5, 0.6) is 11.5 Å². The number of ether oxygens (including phenoxy) is 2. The van der Waals surface area contributed by atoms with Crippen LogP contribution in [0.3, 0.4) is 0 Å². The number of nitrogen functional groups attached to an aromatic ring is 1. The van der Waals surface area contributed by atoms with Gasteiger partial charge in [-0.3, -0.25) is 0 Å². The van der Waals surface area contributed by atoms with E-state index in [0.717, 1.165) is 13.9 Å². The molecule has 8 nitrogen and oxygen atoms in total. The lowest BCUT2D eigenvalue weighted by Gasteiger charge is -2.11. The summed E-state index contributed by atoms with van der Waals surface area (Å²) in [6.07, 6.45) is 1.59. The number of anilines is 1. The smallest absolute Gasteiger partial charge is 0.263 e. The first-order valence-corrected chi connectivity index (χ1v) is 6.82. The first-order chi connectivity index (χ1) is 9.65. The van der Waals surface area contributed by atoms with Gasteiger partial charge < -0.3 is 15.2 Å². The summed E-state index contributed by atoms with van der Waals surface area (Å²) in [4.78, 5) is 1.14. The van der Waals surface area contributed by atoms with Crippen molar-refractivity contribution in [2.45, 2.75) is 6.92 Å². The third-order valence-electron chi connectivity index (χ3n) is 2.33. The first-order valence-electron chi connectivity index (χ1n) is 5.74. The van der Waals surface area contributed by atoms with Crippen LogP contribution >= 0.6 is 22.6 Å². The van der Waals surface area contributed by atoms with Gasteiger partial charge in [0.2, 0.25) is 0 Å². The van der Waals surface area contributed by atoms with Crippen molar-refractivity contribution in [3.63, 3.8) is 0 Å². The van der Waals surface area contributed by atoms with Gasteiger partial charge in [-0.2, -0.15) is 5.10 Å². The highest BCUT2D eigenvalue weighted by molar-refractivity contribution is 14.1. The summed E-state index contributed by atoms with van der Waals surface area (Å²) in [7, 11) is 1.61. The molecule has 106 valence electrons. The Morgan fingerprint density at radius 2 is 2.30 bits per heavy atom. The van der Waals surface area contributed by atoms with Gasteiger partial charge in [-0.1, -0.05) is 9.89 Å². The van der Waals surface area contributed by atoms with Crippen LogP contribution in [0, 0.1) is 3.57 Å². The highest BCUT2D eigenvalue weighted by Gasteiger charge is 2.10. The van der Waals surface area contributed by atoms with Gasteiger partial charge in [0, 0.05) is 0 Å².